The van der Waals surface area contributed by atoms with Gasteiger partial charge in [0.2, 0.25) is 16.6 Å². The van der Waals surface area contributed by atoms with E-state index in [1.165, 1.54) is 0 Å². The summed E-state index contributed by atoms with van der Waals surface area (Å²) in [5.41, 5.74) is 0.762. The molecule has 10 nitrogen and oxygen atoms in total. The zero-order chi connectivity index (χ0) is 30.6. The minimum Gasteiger partial charge on any atom is -0.460 e. The Bertz CT molecular complexity index is 837. The van der Waals surface area contributed by atoms with E-state index in [1.54, 1.807) is 13.8 Å². The highest BCUT2D eigenvalue weighted by Gasteiger charge is 2.51. The molecule has 0 radical (unpaired) electrons. The maximum Gasteiger partial charge on any atom is 0.363 e. The molecule has 2 rings (SSSR count). The molecular formula is C27H52O10Si4. The molecule has 0 amide bonds. The Kier molecular flexibility index (Phi) is 14.8. The lowest BCUT2D eigenvalue weighted by Crippen LogP contribution is -2.47. The summed E-state index contributed by atoms with van der Waals surface area (Å²) in [7, 11) is -9.00. The van der Waals surface area contributed by atoms with Crippen LogP contribution in [-0.2, 0) is 45.6 Å². The molecule has 0 aromatic rings. The van der Waals surface area contributed by atoms with Gasteiger partial charge in [0.1, 0.15) is 12.5 Å². The summed E-state index contributed by atoms with van der Waals surface area (Å²) < 4.78 is 47.0. The van der Waals surface area contributed by atoms with Gasteiger partial charge >= 0.3 is 29.1 Å². The lowest BCUT2D eigenvalue weighted by molar-refractivity contribution is -0.138. The van der Waals surface area contributed by atoms with Crippen LogP contribution in [0.2, 0.25) is 32.2 Å². The van der Waals surface area contributed by atoms with Gasteiger partial charge in [-0.05, 0) is 65.3 Å². The standard InChI is InChI=1S/C27H52O10Si4/c1-24(2)26(28)32-20-40(7)34-22-38(5,36-40)18-14-17-30-15-12-10-9-11-13-16-31-19-39(6)23-35-41(8,37-39)21-33-27(29)25(3)4/h1,3,9-23H2,2,4-8H3. The number of esters is 2. The molecular weight excluding hydrogens is 597 g/mol. The smallest absolute Gasteiger partial charge is 0.363 e. The van der Waals surface area contributed by atoms with Gasteiger partial charge in [-0.3, -0.25) is 0 Å². The number of carbonyl (C=O) groups excluding carboxylic acids is 2. The van der Waals surface area contributed by atoms with Crippen molar-refractivity contribution in [1.82, 2.24) is 0 Å². The molecule has 41 heavy (non-hydrogen) atoms. The quantitative estimate of drug-likeness (QED) is 0.0799. The zero-order valence-corrected chi connectivity index (χ0v) is 30.1. The van der Waals surface area contributed by atoms with Gasteiger partial charge in [-0.2, -0.15) is 0 Å². The minimum atomic E-state index is -2.50. The van der Waals surface area contributed by atoms with E-state index in [4.69, 9.17) is 36.0 Å². The van der Waals surface area contributed by atoms with Crippen LogP contribution in [-0.4, -0.2) is 96.7 Å². The van der Waals surface area contributed by atoms with E-state index < -0.39 is 45.7 Å². The van der Waals surface area contributed by atoms with Crippen LogP contribution >= 0.6 is 0 Å². The molecule has 14 heteroatoms. The van der Waals surface area contributed by atoms with E-state index in [0.29, 0.717) is 29.8 Å². The molecule has 0 N–H and O–H groups in total. The number of ether oxygens (including phenoxy) is 4. The summed E-state index contributed by atoms with van der Waals surface area (Å²) in [5, 5.41) is 0. The molecule has 4 atom stereocenters. The van der Waals surface area contributed by atoms with E-state index in [2.05, 4.69) is 26.3 Å². The van der Waals surface area contributed by atoms with Gasteiger partial charge in [0.05, 0.1) is 18.7 Å². The van der Waals surface area contributed by atoms with Crippen molar-refractivity contribution < 1.29 is 45.6 Å². The van der Waals surface area contributed by atoms with Gasteiger partial charge in [-0.15, -0.1) is 0 Å². The van der Waals surface area contributed by atoms with Gasteiger partial charge in [0.15, 0.2) is 0 Å². The van der Waals surface area contributed by atoms with Crippen molar-refractivity contribution in [1.29, 1.82) is 0 Å². The van der Waals surface area contributed by atoms with Crippen molar-refractivity contribution in [3.63, 3.8) is 0 Å². The lowest BCUT2D eigenvalue weighted by Gasteiger charge is -2.24. The summed E-state index contributed by atoms with van der Waals surface area (Å²) >= 11 is 0. The average molecular weight is 649 g/mol. The first-order valence-electron chi connectivity index (χ1n) is 14.7. The minimum absolute atomic E-state index is 0.187. The van der Waals surface area contributed by atoms with E-state index in [9.17, 15) is 9.59 Å². The molecule has 2 fully saturated rings. The van der Waals surface area contributed by atoms with Crippen LogP contribution in [0.25, 0.3) is 0 Å². The summed E-state index contributed by atoms with van der Waals surface area (Å²) in [6.45, 7) is 20.9. The number of rotatable bonds is 20. The van der Waals surface area contributed by atoms with Crippen LogP contribution in [0.4, 0.5) is 0 Å². The fourth-order valence-corrected chi connectivity index (χ4v) is 22.6. The molecule has 0 saturated carbocycles. The van der Waals surface area contributed by atoms with Crippen LogP contribution in [0.1, 0.15) is 52.4 Å². The third kappa shape index (κ3) is 13.5. The van der Waals surface area contributed by atoms with E-state index in [1.807, 2.05) is 13.1 Å². The van der Waals surface area contributed by atoms with Crippen molar-refractivity contribution in [2.45, 2.75) is 84.6 Å². The van der Waals surface area contributed by atoms with Gasteiger partial charge in [0, 0.05) is 31.0 Å². The second-order valence-corrected chi connectivity index (χ2v) is 26.7. The summed E-state index contributed by atoms with van der Waals surface area (Å²) in [4.78, 5) is 23.4. The summed E-state index contributed by atoms with van der Waals surface area (Å²) in [6, 6.07) is 0.979. The van der Waals surface area contributed by atoms with Gasteiger partial charge in [-0.1, -0.05) is 32.4 Å². The topological polar surface area (TPSA) is 108 Å². The third-order valence-corrected chi connectivity index (χ3v) is 21.5. The first kappa shape index (κ1) is 36.2. The maximum absolute atomic E-state index is 11.7. The molecule has 236 valence electrons. The molecule has 0 bridgehead atoms. The number of unbranched alkanes of at least 4 members (excludes halogenated alkanes) is 4. The normalized spacial score (nSPS) is 29.4. The molecule has 0 aromatic carbocycles. The Balaban J connectivity index is 1.43. The van der Waals surface area contributed by atoms with Crippen molar-refractivity contribution in [3.05, 3.63) is 24.3 Å². The SMILES string of the molecule is C=C(C)C(=O)OC[Si]1(C)OC[Si](C)(CCCOCCCCCCCOC[Si]2(C)CO[Si](C)(COC(=O)C(=C)C)O2)O1. The van der Waals surface area contributed by atoms with Crippen LogP contribution in [0.5, 0.6) is 0 Å². The summed E-state index contributed by atoms with van der Waals surface area (Å²) in [5.74, 6) is -0.798. The van der Waals surface area contributed by atoms with Crippen LogP contribution in [0.3, 0.4) is 0 Å². The molecule has 2 aliphatic rings. The monoisotopic (exact) mass is 648 g/mol. The third-order valence-electron chi connectivity index (χ3n) is 6.90. The number of hydrogen-bond acceptors (Lipinski definition) is 10. The maximum atomic E-state index is 11.7. The molecule has 2 aliphatic heterocycles. The Labute approximate surface area is 250 Å². The average Bonchev–Trinajstić information content (AvgIpc) is 3.39. The first-order valence-corrected chi connectivity index (χ1v) is 25.4. The molecule has 2 heterocycles. The first-order chi connectivity index (χ1) is 19.2. The predicted molar refractivity (Wildman–Crippen MR) is 166 cm³/mol. The Morgan fingerprint density at radius 1 is 0.634 bits per heavy atom. The van der Waals surface area contributed by atoms with E-state index in [0.717, 1.165) is 64.4 Å². The van der Waals surface area contributed by atoms with Crippen LogP contribution in [0, 0.1) is 0 Å². The predicted octanol–water partition coefficient (Wildman–Crippen LogP) is 4.68. The fraction of sp³-hybridized carbons (Fsp3) is 0.778. The molecule has 0 aliphatic carbocycles. The van der Waals surface area contributed by atoms with Crippen LogP contribution in [0.15, 0.2) is 24.3 Å². The van der Waals surface area contributed by atoms with Gasteiger partial charge in [-0.25, -0.2) is 9.59 Å². The number of hydrogen-bond donors (Lipinski definition) is 0. The lowest BCUT2D eigenvalue weighted by atomic mass is 10.1. The highest BCUT2D eigenvalue weighted by molar-refractivity contribution is 6.87. The highest BCUT2D eigenvalue weighted by Crippen LogP contribution is 2.29. The van der Waals surface area contributed by atoms with Crippen LogP contribution < -0.4 is 0 Å². The molecule has 0 aromatic heterocycles. The van der Waals surface area contributed by atoms with Gasteiger partial charge < -0.3 is 36.0 Å². The Morgan fingerprint density at radius 3 is 1.61 bits per heavy atom. The van der Waals surface area contributed by atoms with Crippen molar-refractivity contribution in [2.75, 3.05) is 51.0 Å². The van der Waals surface area contributed by atoms with Crippen molar-refractivity contribution in [3.8, 4) is 0 Å². The van der Waals surface area contributed by atoms with E-state index in [-0.39, 0.29) is 12.5 Å². The number of carbonyl (C=O) groups is 2. The highest BCUT2D eigenvalue weighted by atomic mass is 28.4. The molecule has 2 saturated heterocycles. The molecule has 4 unspecified atom stereocenters. The fourth-order valence-electron chi connectivity index (χ4n) is 4.62. The van der Waals surface area contributed by atoms with Crippen molar-refractivity contribution >= 4 is 45.7 Å². The largest absolute Gasteiger partial charge is 0.460 e. The molecule has 0 spiro atoms. The zero-order valence-electron chi connectivity index (χ0n) is 26.1. The Hall–Kier alpha value is -0.952. The Morgan fingerprint density at radius 2 is 1.07 bits per heavy atom. The van der Waals surface area contributed by atoms with Gasteiger partial charge in [0.25, 0.3) is 0 Å². The second-order valence-electron chi connectivity index (χ2n) is 12.2. The van der Waals surface area contributed by atoms with E-state index >= 15 is 0 Å². The summed E-state index contributed by atoms with van der Waals surface area (Å²) in [6.07, 6.45) is 8.71. The second kappa shape index (κ2) is 16.8. The van der Waals surface area contributed by atoms with Crippen molar-refractivity contribution in [2.24, 2.45) is 0 Å².